The number of aromatic nitrogens is 2. The molecule has 2 rings (SSSR count). The maximum absolute atomic E-state index is 5.92. The second-order valence-electron chi connectivity index (χ2n) is 5.58. The number of aliphatic imine (C=N–C) groups is 1. The summed E-state index contributed by atoms with van der Waals surface area (Å²) in [6.07, 6.45) is 2.47. The number of aryl methyl sites for hydroxylation is 1. The minimum Gasteiger partial charge on any atom is -0.383 e. The summed E-state index contributed by atoms with van der Waals surface area (Å²) in [5.74, 6) is 0.457. The first-order valence-corrected chi connectivity index (χ1v) is 7.79. The molecule has 23 heavy (non-hydrogen) atoms. The van der Waals surface area contributed by atoms with Gasteiger partial charge in [-0.25, -0.2) is 4.99 Å². The minimum atomic E-state index is 0. The van der Waals surface area contributed by atoms with Crippen LogP contribution in [0.5, 0.6) is 0 Å². The van der Waals surface area contributed by atoms with Gasteiger partial charge in [0, 0.05) is 31.5 Å². The van der Waals surface area contributed by atoms with E-state index in [0.29, 0.717) is 19.1 Å². The first kappa shape index (κ1) is 20.2. The highest BCUT2D eigenvalue weighted by molar-refractivity contribution is 14.0. The summed E-state index contributed by atoms with van der Waals surface area (Å²) in [5.41, 5.74) is 9.15. The molecule has 0 amide bonds. The lowest BCUT2D eigenvalue weighted by atomic mass is 10.2. The minimum absolute atomic E-state index is 0. The Balaban J connectivity index is 0.00000264. The summed E-state index contributed by atoms with van der Waals surface area (Å²) in [6, 6.07) is 0. The van der Waals surface area contributed by atoms with Crippen LogP contribution < -0.4 is 11.1 Å². The van der Waals surface area contributed by atoms with Crippen LogP contribution in [0.1, 0.15) is 29.8 Å². The molecule has 1 saturated heterocycles. The first-order chi connectivity index (χ1) is 10.6. The first-order valence-electron chi connectivity index (χ1n) is 7.79. The van der Waals surface area contributed by atoms with Crippen LogP contribution in [0.2, 0.25) is 0 Å². The van der Waals surface area contributed by atoms with Crippen molar-refractivity contribution in [3.05, 3.63) is 17.0 Å². The Morgan fingerprint density at radius 2 is 2.30 bits per heavy atom. The summed E-state index contributed by atoms with van der Waals surface area (Å²) in [6.45, 7) is 7.56. The van der Waals surface area contributed by atoms with Crippen LogP contribution in [0.3, 0.4) is 0 Å². The molecule has 1 aliphatic heterocycles. The number of ether oxygens (including phenoxy) is 2. The van der Waals surface area contributed by atoms with Gasteiger partial charge in [-0.3, -0.25) is 4.68 Å². The van der Waals surface area contributed by atoms with Crippen molar-refractivity contribution in [3.8, 4) is 0 Å². The van der Waals surface area contributed by atoms with Gasteiger partial charge >= 0.3 is 0 Å². The predicted octanol–water partition coefficient (Wildman–Crippen LogP) is 1.35. The van der Waals surface area contributed by atoms with Crippen LogP contribution in [0.25, 0.3) is 0 Å². The molecule has 1 aliphatic rings. The van der Waals surface area contributed by atoms with Crippen LogP contribution >= 0.6 is 24.0 Å². The Hall–Kier alpha value is -0.870. The highest BCUT2D eigenvalue weighted by Crippen LogP contribution is 2.14. The van der Waals surface area contributed by atoms with Crippen LogP contribution in [0.15, 0.2) is 4.99 Å². The lowest BCUT2D eigenvalue weighted by molar-refractivity contribution is 0.114. The fourth-order valence-corrected chi connectivity index (χ4v) is 2.60. The molecule has 1 unspecified atom stereocenters. The van der Waals surface area contributed by atoms with Crippen LogP contribution in [-0.2, 0) is 22.6 Å². The number of methoxy groups -OCH3 is 1. The molecular weight excluding hydrogens is 409 g/mol. The number of halogens is 1. The molecule has 0 aromatic carbocycles. The Morgan fingerprint density at radius 3 is 2.96 bits per heavy atom. The fourth-order valence-electron chi connectivity index (χ4n) is 2.60. The molecule has 0 bridgehead atoms. The van der Waals surface area contributed by atoms with Crippen molar-refractivity contribution in [2.75, 3.05) is 26.9 Å². The maximum Gasteiger partial charge on any atom is 0.189 e. The molecule has 2 heterocycles. The molecule has 0 saturated carbocycles. The highest BCUT2D eigenvalue weighted by atomic mass is 127. The van der Waals surface area contributed by atoms with Gasteiger partial charge in [0.2, 0.25) is 0 Å². The molecule has 1 atom stereocenters. The Kier molecular flexibility index (Phi) is 8.85. The molecule has 1 fully saturated rings. The van der Waals surface area contributed by atoms with E-state index in [4.69, 9.17) is 15.2 Å². The molecule has 0 radical (unpaired) electrons. The van der Waals surface area contributed by atoms with Gasteiger partial charge in [0.25, 0.3) is 0 Å². The second kappa shape index (κ2) is 10.1. The molecule has 1 aromatic heterocycles. The summed E-state index contributed by atoms with van der Waals surface area (Å²) in [4.78, 5) is 4.41. The molecule has 132 valence electrons. The topological polar surface area (TPSA) is 86.7 Å². The summed E-state index contributed by atoms with van der Waals surface area (Å²) in [5, 5.41) is 7.65. The van der Waals surface area contributed by atoms with Crippen molar-refractivity contribution in [2.24, 2.45) is 10.7 Å². The molecule has 0 spiro atoms. The van der Waals surface area contributed by atoms with Crippen molar-refractivity contribution in [1.29, 1.82) is 0 Å². The zero-order chi connectivity index (χ0) is 15.9. The third kappa shape index (κ3) is 5.92. The van der Waals surface area contributed by atoms with Gasteiger partial charge in [0.05, 0.1) is 31.5 Å². The smallest absolute Gasteiger partial charge is 0.189 e. The summed E-state index contributed by atoms with van der Waals surface area (Å²) >= 11 is 0. The van der Waals surface area contributed by atoms with E-state index in [0.717, 1.165) is 49.5 Å². The predicted molar refractivity (Wildman–Crippen MR) is 101 cm³/mol. The Bertz CT molecular complexity index is 512. The lowest BCUT2D eigenvalue weighted by Crippen LogP contribution is -2.37. The van der Waals surface area contributed by atoms with Crippen molar-refractivity contribution >= 4 is 29.9 Å². The van der Waals surface area contributed by atoms with E-state index in [1.165, 1.54) is 0 Å². The van der Waals surface area contributed by atoms with Gasteiger partial charge in [-0.15, -0.1) is 24.0 Å². The third-order valence-corrected chi connectivity index (χ3v) is 3.98. The number of nitrogens with zero attached hydrogens (tertiary/aromatic N) is 3. The van der Waals surface area contributed by atoms with E-state index in [1.807, 2.05) is 11.6 Å². The van der Waals surface area contributed by atoms with Gasteiger partial charge in [-0.1, -0.05) is 0 Å². The molecule has 1 aromatic rings. The fraction of sp³-hybridized carbons (Fsp3) is 0.733. The third-order valence-electron chi connectivity index (χ3n) is 3.98. The van der Waals surface area contributed by atoms with Crippen LogP contribution in [-0.4, -0.2) is 48.7 Å². The van der Waals surface area contributed by atoms with Gasteiger partial charge in [0.1, 0.15) is 0 Å². The summed E-state index contributed by atoms with van der Waals surface area (Å²) in [7, 11) is 1.69. The van der Waals surface area contributed by atoms with E-state index in [-0.39, 0.29) is 30.1 Å². The SMILES string of the molecule is COCCn1nc(C)c(CN=C(N)NCC2CCCO2)c1C.I. The highest BCUT2D eigenvalue weighted by Gasteiger charge is 2.15. The molecule has 7 nitrogen and oxygen atoms in total. The van der Waals surface area contributed by atoms with E-state index < -0.39 is 0 Å². The largest absolute Gasteiger partial charge is 0.383 e. The van der Waals surface area contributed by atoms with Crippen molar-refractivity contribution < 1.29 is 9.47 Å². The molecule has 0 aliphatic carbocycles. The number of hydrogen-bond acceptors (Lipinski definition) is 4. The monoisotopic (exact) mass is 437 g/mol. The van der Waals surface area contributed by atoms with E-state index >= 15 is 0 Å². The van der Waals surface area contributed by atoms with Gasteiger partial charge in [-0.2, -0.15) is 5.10 Å². The summed E-state index contributed by atoms with van der Waals surface area (Å²) < 4.78 is 12.6. The van der Waals surface area contributed by atoms with Crippen LogP contribution in [0.4, 0.5) is 0 Å². The van der Waals surface area contributed by atoms with E-state index in [9.17, 15) is 0 Å². The number of nitrogens with one attached hydrogen (secondary N) is 1. The normalized spacial score (nSPS) is 18.0. The zero-order valence-corrected chi connectivity index (χ0v) is 16.5. The van der Waals surface area contributed by atoms with Crippen molar-refractivity contribution in [1.82, 2.24) is 15.1 Å². The number of nitrogens with two attached hydrogens (primary N) is 1. The maximum atomic E-state index is 5.92. The van der Waals surface area contributed by atoms with E-state index in [2.05, 4.69) is 22.3 Å². The molecule has 8 heteroatoms. The average molecular weight is 437 g/mol. The van der Waals surface area contributed by atoms with Crippen molar-refractivity contribution in [2.45, 2.75) is 45.9 Å². The van der Waals surface area contributed by atoms with Crippen LogP contribution in [0, 0.1) is 13.8 Å². The lowest BCUT2D eigenvalue weighted by Gasteiger charge is -2.11. The number of rotatable bonds is 7. The van der Waals surface area contributed by atoms with Gasteiger partial charge < -0.3 is 20.5 Å². The second-order valence-corrected chi connectivity index (χ2v) is 5.58. The quantitative estimate of drug-likeness (QED) is 0.382. The standard InChI is InChI=1S/C15H27N5O2.HI/c1-11-14(12(2)20(19-11)6-8-21-3)10-18-15(16)17-9-13-5-4-7-22-13;/h13H,4-10H2,1-3H3,(H3,16,17,18);1H. The molecular formula is C15H28IN5O2. The molecule has 3 N–H and O–H groups in total. The number of guanidine groups is 1. The Labute approximate surface area is 155 Å². The zero-order valence-electron chi connectivity index (χ0n) is 14.2. The Morgan fingerprint density at radius 1 is 1.52 bits per heavy atom. The van der Waals surface area contributed by atoms with E-state index in [1.54, 1.807) is 7.11 Å². The average Bonchev–Trinajstić information content (AvgIpc) is 3.10. The van der Waals surface area contributed by atoms with Gasteiger partial charge in [0.15, 0.2) is 5.96 Å². The van der Waals surface area contributed by atoms with Gasteiger partial charge in [-0.05, 0) is 26.7 Å². The van der Waals surface area contributed by atoms with Crippen molar-refractivity contribution in [3.63, 3.8) is 0 Å². The number of hydrogen-bond donors (Lipinski definition) is 2.